The van der Waals surface area contributed by atoms with E-state index in [1.54, 1.807) is 13.0 Å². The van der Waals surface area contributed by atoms with Crippen LogP contribution in [0.25, 0.3) is 0 Å². The zero-order chi connectivity index (χ0) is 10.3. The molecular formula is C7H14FNO3S. The lowest BCUT2D eigenvalue weighted by Gasteiger charge is -2.04. The summed E-state index contributed by atoms with van der Waals surface area (Å²) in [7, 11) is -3.38. The normalized spacial score (nSPS) is 14.7. The fraction of sp³-hybridized carbons (Fsp3) is 0.714. The third-order valence-electron chi connectivity index (χ3n) is 1.16. The summed E-state index contributed by atoms with van der Waals surface area (Å²) in [6, 6.07) is 0. The fourth-order valence-corrected chi connectivity index (χ4v) is 1.03. The van der Waals surface area contributed by atoms with Crippen molar-refractivity contribution < 1.29 is 17.0 Å². The summed E-state index contributed by atoms with van der Waals surface area (Å²) in [6.07, 6.45) is 4.05. The smallest absolute Gasteiger partial charge is 0.264 e. The van der Waals surface area contributed by atoms with Crippen molar-refractivity contribution >= 4 is 10.1 Å². The van der Waals surface area contributed by atoms with Gasteiger partial charge in [-0.05, 0) is 6.20 Å². The van der Waals surface area contributed by atoms with Crippen LogP contribution in [0.3, 0.4) is 0 Å². The number of alkyl halides is 1. The Balaban J connectivity index is 3.69. The number of halogens is 1. The van der Waals surface area contributed by atoms with Crippen molar-refractivity contribution in [1.29, 1.82) is 0 Å². The molecule has 0 aromatic heterocycles. The van der Waals surface area contributed by atoms with Gasteiger partial charge in [-0.1, -0.05) is 13.0 Å². The van der Waals surface area contributed by atoms with Crippen LogP contribution < -0.4 is 5.32 Å². The number of hydrogen-bond donors (Lipinski definition) is 1. The van der Waals surface area contributed by atoms with Crippen molar-refractivity contribution in [3.8, 4) is 0 Å². The molecule has 1 unspecified atom stereocenters. The minimum Gasteiger partial charge on any atom is -0.365 e. The first-order valence-electron chi connectivity index (χ1n) is 3.76. The lowest BCUT2D eigenvalue weighted by Crippen LogP contribution is -2.10. The van der Waals surface area contributed by atoms with Crippen molar-refractivity contribution in [2.75, 3.05) is 19.7 Å². The molecule has 0 saturated heterocycles. The van der Waals surface area contributed by atoms with E-state index < -0.39 is 16.9 Å². The summed E-state index contributed by atoms with van der Waals surface area (Å²) in [5.74, 6) is -0.0752. The van der Waals surface area contributed by atoms with Gasteiger partial charge in [-0.3, -0.25) is 4.18 Å². The first-order valence-corrected chi connectivity index (χ1v) is 5.58. The molecule has 6 heteroatoms. The van der Waals surface area contributed by atoms with E-state index in [2.05, 4.69) is 9.50 Å². The second kappa shape index (κ2) is 5.93. The molecule has 0 aromatic carbocycles. The molecule has 0 bridgehead atoms. The van der Waals surface area contributed by atoms with Crippen LogP contribution in [0.2, 0.25) is 0 Å². The summed E-state index contributed by atoms with van der Waals surface area (Å²) in [4.78, 5) is 0. The Morgan fingerprint density at radius 3 is 2.69 bits per heavy atom. The third kappa shape index (κ3) is 9.29. The molecule has 78 valence electrons. The molecule has 13 heavy (non-hydrogen) atoms. The SMILES string of the molecule is CC(/C=C\NCF)COS(C)(=O)=O. The maximum absolute atomic E-state index is 11.5. The van der Waals surface area contributed by atoms with Gasteiger partial charge >= 0.3 is 0 Å². The van der Waals surface area contributed by atoms with Crippen molar-refractivity contribution in [1.82, 2.24) is 5.32 Å². The highest BCUT2D eigenvalue weighted by Crippen LogP contribution is 1.99. The molecule has 0 radical (unpaired) electrons. The van der Waals surface area contributed by atoms with E-state index in [0.717, 1.165) is 6.26 Å². The van der Waals surface area contributed by atoms with Crippen molar-refractivity contribution in [3.63, 3.8) is 0 Å². The van der Waals surface area contributed by atoms with Gasteiger partial charge in [0.25, 0.3) is 10.1 Å². The van der Waals surface area contributed by atoms with Crippen LogP contribution in [0.5, 0.6) is 0 Å². The Morgan fingerprint density at radius 1 is 1.62 bits per heavy atom. The minimum absolute atomic E-state index is 0.0727. The summed E-state index contributed by atoms with van der Waals surface area (Å²) in [5.41, 5.74) is 0. The lowest BCUT2D eigenvalue weighted by atomic mass is 10.2. The molecule has 0 fully saturated rings. The molecular weight excluding hydrogens is 197 g/mol. The van der Waals surface area contributed by atoms with Crippen LogP contribution in [0, 0.1) is 5.92 Å². The molecule has 1 N–H and O–H groups in total. The summed E-state index contributed by atoms with van der Waals surface area (Å²) in [6.45, 7) is 1.20. The molecule has 0 aromatic rings. The topological polar surface area (TPSA) is 55.4 Å². The first-order chi connectivity index (χ1) is 5.95. The van der Waals surface area contributed by atoms with E-state index in [1.807, 2.05) is 0 Å². The van der Waals surface area contributed by atoms with Gasteiger partial charge < -0.3 is 5.32 Å². The van der Waals surface area contributed by atoms with E-state index >= 15 is 0 Å². The van der Waals surface area contributed by atoms with Crippen LogP contribution in [-0.2, 0) is 14.3 Å². The van der Waals surface area contributed by atoms with Crippen LogP contribution in [0.15, 0.2) is 12.3 Å². The van der Waals surface area contributed by atoms with Gasteiger partial charge in [0, 0.05) is 5.92 Å². The Labute approximate surface area is 77.9 Å². The van der Waals surface area contributed by atoms with Gasteiger partial charge in [0.2, 0.25) is 0 Å². The third-order valence-corrected chi connectivity index (χ3v) is 1.73. The van der Waals surface area contributed by atoms with Gasteiger partial charge in [0.15, 0.2) is 6.80 Å². The Kier molecular flexibility index (Phi) is 5.65. The molecule has 0 saturated carbocycles. The highest BCUT2D eigenvalue weighted by molar-refractivity contribution is 7.85. The first kappa shape index (κ1) is 12.4. The summed E-state index contributed by atoms with van der Waals surface area (Å²) in [5, 5.41) is 2.32. The second-order valence-corrected chi connectivity index (χ2v) is 4.31. The van der Waals surface area contributed by atoms with Crippen molar-refractivity contribution in [3.05, 3.63) is 12.3 Å². The van der Waals surface area contributed by atoms with Crippen molar-refractivity contribution in [2.45, 2.75) is 6.92 Å². The van der Waals surface area contributed by atoms with Gasteiger partial charge in [0.05, 0.1) is 12.9 Å². The van der Waals surface area contributed by atoms with Gasteiger partial charge in [-0.25, -0.2) is 4.39 Å². The average molecular weight is 211 g/mol. The molecule has 0 aliphatic heterocycles. The van der Waals surface area contributed by atoms with E-state index in [4.69, 9.17) is 0 Å². The average Bonchev–Trinajstić information content (AvgIpc) is 2.00. The molecule has 0 heterocycles. The predicted octanol–water partition coefficient (Wildman–Crippen LogP) is 0.629. The quantitative estimate of drug-likeness (QED) is 0.517. The fourth-order valence-electron chi connectivity index (χ4n) is 0.563. The van der Waals surface area contributed by atoms with Crippen molar-refractivity contribution in [2.24, 2.45) is 5.92 Å². The summed E-state index contributed by atoms with van der Waals surface area (Å²) >= 11 is 0. The Bertz CT molecular complexity index is 250. The monoisotopic (exact) mass is 211 g/mol. The van der Waals surface area contributed by atoms with Gasteiger partial charge in [-0.15, -0.1) is 0 Å². The molecule has 1 atom stereocenters. The lowest BCUT2D eigenvalue weighted by molar-refractivity contribution is 0.291. The molecule has 0 amide bonds. The highest BCUT2D eigenvalue weighted by Gasteiger charge is 2.04. The van der Waals surface area contributed by atoms with Crippen LogP contribution in [0.1, 0.15) is 6.92 Å². The second-order valence-electron chi connectivity index (χ2n) is 2.66. The maximum atomic E-state index is 11.5. The minimum atomic E-state index is -3.38. The molecule has 0 aliphatic carbocycles. The Hall–Kier alpha value is -0.620. The van der Waals surface area contributed by atoms with Gasteiger partial charge in [-0.2, -0.15) is 8.42 Å². The number of nitrogens with one attached hydrogen (secondary N) is 1. The van der Waals surface area contributed by atoms with E-state index in [1.165, 1.54) is 6.20 Å². The highest BCUT2D eigenvalue weighted by atomic mass is 32.2. The zero-order valence-corrected chi connectivity index (χ0v) is 8.47. The molecule has 4 nitrogen and oxygen atoms in total. The molecule has 0 aliphatic rings. The molecule has 0 rings (SSSR count). The van der Waals surface area contributed by atoms with Crippen LogP contribution >= 0.6 is 0 Å². The standard InChI is InChI=1S/C7H14FNO3S/c1-7(3-4-9-6-8)5-12-13(2,10)11/h3-4,7,9H,5-6H2,1-2H3/b4-3-. The molecule has 0 spiro atoms. The zero-order valence-electron chi connectivity index (χ0n) is 7.66. The summed E-state index contributed by atoms with van der Waals surface area (Å²) < 4.78 is 37.1. The predicted molar refractivity (Wildman–Crippen MR) is 48.2 cm³/mol. The number of rotatable bonds is 6. The van der Waals surface area contributed by atoms with E-state index in [0.29, 0.717) is 0 Å². The van der Waals surface area contributed by atoms with Crippen LogP contribution in [0.4, 0.5) is 4.39 Å². The van der Waals surface area contributed by atoms with E-state index in [-0.39, 0.29) is 12.5 Å². The van der Waals surface area contributed by atoms with Gasteiger partial charge in [0.1, 0.15) is 0 Å². The van der Waals surface area contributed by atoms with E-state index in [9.17, 15) is 12.8 Å². The maximum Gasteiger partial charge on any atom is 0.264 e. The number of hydrogen-bond acceptors (Lipinski definition) is 4. The van der Waals surface area contributed by atoms with Crippen LogP contribution in [-0.4, -0.2) is 28.1 Å². The largest absolute Gasteiger partial charge is 0.365 e. The Morgan fingerprint density at radius 2 is 2.23 bits per heavy atom.